The topological polar surface area (TPSA) is 89.6 Å². The fourth-order valence-electron chi connectivity index (χ4n) is 2.61. The van der Waals surface area contributed by atoms with E-state index in [1.54, 1.807) is 54.8 Å². The molecule has 0 bridgehead atoms. The number of nitrogens with one attached hydrogen (secondary N) is 2. The Balaban J connectivity index is 1.69. The number of methoxy groups -OCH3 is 1. The van der Waals surface area contributed by atoms with Gasteiger partial charge in [0, 0.05) is 23.6 Å². The first-order valence-electron chi connectivity index (χ1n) is 8.85. The summed E-state index contributed by atoms with van der Waals surface area (Å²) < 4.78 is 10.7. The van der Waals surface area contributed by atoms with Gasteiger partial charge in [-0.15, -0.1) is 11.3 Å². The number of rotatable bonds is 7. The molecular weight excluding hydrogens is 390 g/mol. The van der Waals surface area contributed by atoms with Crippen LogP contribution >= 0.6 is 11.3 Å². The molecule has 0 spiro atoms. The van der Waals surface area contributed by atoms with E-state index in [1.165, 1.54) is 6.92 Å². The lowest BCUT2D eigenvalue weighted by Crippen LogP contribution is -2.20. The van der Waals surface area contributed by atoms with E-state index >= 15 is 0 Å². The van der Waals surface area contributed by atoms with Crippen molar-refractivity contribution in [2.45, 2.75) is 13.8 Å². The standard InChI is InChI=1S/C21H21N3O4S/c1-13(25)22-18-10-15(19-12-29-14(2)23-19)4-9-20(18)28-11-21(26)24-16-5-7-17(27-3)8-6-16/h4-10,12H,11H2,1-3H3,(H,22,25)(H,24,26). The molecule has 2 amide bonds. The number of ether oxygens (including phenoxy) is 2. The Morgan fingerprint density at radius 2 is 1.86 bits per heavy atom. The maximum absolute atomic E-state index is 12.2. The van der Waals surface area contributed by atoms with E-state index in [1.807, 2.05) is 18.4 Å². The Bertz CT molecular complexity index is 1020. The summed E-state index contributed by atoms with van der Waals surface area (Å²) >= 11 is 1.55. The van der Waals surface area contributed by atoms with Crippen molar-refractivity contribution in [3.8, 4) is 22.8 Å². The molecule has 0 aliphatic heterocycles. The summed E-state index contributed by atoms with van der Waals surface area (Å²) in [5.74, 6) is 0.558. The van der Waals surface area contributed by atoms with Gasteiger partial charge in [0.05, 0.1) is 23.5 Å². The van der Waals surface area contributed by atoms with Gasteiger partial charge in [0.2, 0.25) is 5.91 Å². The minimum Gasteiger partial charge on any atom is -0.497 e. The van der Waals surface area contributed by atoms with Crippen LogP contribution in [0.25, 0.3) is 11.3 Å². The molecule has 2 N–H and O–H groups in total. The SMILES string of the molecule is COc1ccc(NC(=O)COc2ccc(-c3csc(C)n3)cc2NC(C)=O)cc1. The number of hydrogen-bond acceptors (Lipinski definition) is 6. The minimum absolute atomic E-state index is 0.201. The predicted octanol–water partition coefficient (Wildman–Crippen LogP) is 4.10. The van der Waals surface area contributed by atoms with Crippen LogP contribution in [-0.2, 0) is 9.59 Å². The molecule has 3 aromatic rings. The van der Waals surface area contributed by atoms with Crippen molar-refractivity contribution in [3.05, 3.63) is 52.9 Å². The molecule has 0 aliphatic carbocycles. The number of thiazole rings is 1. The van der Waals surface area contributed by atoms with Crippen molar-refractivity contribution in [1.82, 2.24) is 4.98 Å². The number of hydrogen-bond donors (Lipinski definition) is 2. The van der Waals surface area contributed by atoms with E-state index in [4.69, 9.17) is 9.47 Å². The summed E-state index contributed by atoms with van der Waals surface area (Å²) in [7, 11) is 1.58. The number of nitrogens with zero attached hydrogens (tertiary/aromatic N) is 1. The summed E-state index contributed by atoms with van der Waals surface area (Å²) in [5.41, 5.74) is 2.80. The molecule has 3 rings (SSSR count). The summed E-state index contributed by atoms with van der Waals surface area (Å²) in [5, 5.41) is 8.40. The molecular formula is C21H21N3O4S. The lowest BCUT2D eigenvalue weighted by atomic mass is 10.1. The molecule has 0 aliphatic rings. The average Bonchev–Trinajstić information content (AvgIpc) is 3.13. The molecule has 29 heavy (non-hydrogen) atoms. The van der Waals surface area contributed by atoms with E-state index in [0.717, 1.165) is 16.3 Å². The highest BCUT2D eigenvalue weighted by Gasteiger charge is 2.12. The molecule has 0 radical (unpaired) electrons. The molecule has 0 atom stereocenters. The maximum Gasteiger partial charge on any atom is 0.262 e. The Kier molecular flexibility index (Phi) is 6.46. The van der Waals surface area contributed by atoms with E-state index in [0.29, 0.717) is 22.9 Å². The second-order valence-corrected chi connectivity index (χ2v) is 7.27. The molecule has 0 saturated carbocycles. The molecule has 0 saturated heterocycles. The van der Waals surface area contributed by atoms with Crippen molar-refractivity contribution < 1.29 is 19.1 Å². The van der Waals surface area contributed by atoms with E-state index in [-0.39, 0.29) is 18.4 Å². The van der Waals surface area contributed by atoms with Crippen LogP contribution in [0.1, 0.15) is 11.9 Å². The number of carbonyl (C=O) groups is 2. The largest absolute Gasteiger partial charge is 0.497 e. The number of carbonyl (C=O) groups excluding carboxylic acids is 2. The van der Waals surface area contributed by atoms with Gasteiger partial charge in [0.1, 0.15) is 11.5 Å². The summed E-state index contributed by atoms with van der Waals surface area (Å²) in [6, 6.07) is 12.3. The summed E-state index contributed by atoms with van der Waals surface area (Å²) in [6.07, 6.45) is 0. The third kappa shape index (κ3) is 5.55. The molecule has 0 unspecified atom stereocenters. The number of amides is 2. The molecule has 7 nitrogen and oxygen atoms in total. The first-order chi connectivity index (χ1) is 13.9. The third-order valence-corrected chi connectivity index (χ3v) is 4.71. The maximum atomic E-state index is 12.2. The van der Waals surface area contributed by atoms with Crippen molar-refractivity contribution in [1.29, 1.82) is 0 Å². The van der Waals surface area contributed by atoms with Crippen molar-refractivity contribution in [2.24, 2.45) is 0 Å². The zero-order valence-electron chi connectivity index (χ0n) is 16.3. The van der Waals surface area contributed by atoms with Gasteiger partial charge < -0.3 is 20.1 Å². The van der Waals surface area contributed by atoms with Crippen molar-refractivity contribution >= 4 is 34.5 Å². The normalized spacial score (nSPS) is 10.3. The highest BCUT2D eigenvalue weighted by molar-refractivity contribution is 7.09. The van der Waals surface area contributed by atoms with Crippen LogP contribution in [0, 0.1) is 6.92 Å². The van der Waals surface area contributed by atoms with Crippen LogP contribution in [0.15, 0.2) is 47.8 Å². The quantitative estimate of drug-likeness (QED) is 0.611. The van der Waals surface area contributed by atoms with Gasteiger partial charge >= 0.3 is 0 Å². The minimum atomic E-state index is -0.317. The molecule has 0 fully saturated rings. The van der Waals surface area contributed by atoms with Gasteiger partial charge in [-0.3, -0.25) is 9.59 Å². The van der Waals surface area contributed by atoms with Crippen LogP contribution in [0.4, 0.5) is 11.4 Å². The van der Waals surface area contributed by atoms with Gasteiger partial charge in [-0.05, 0) is 49.4 Å². The lowest BCUT2D eigenvalue weighted by Gasteiger charge is -2.13. The third-order valence-electron chi connectivity index (χ3n) is 3.94. The zero-order chi connectivity index (χ0) is 20.8. The highest BCUT2D eigenvalue weighted by atomic mass is 32.1. The molecule has 2 aromatic carbocycles. The van der Waals surface area contributed by atoms with Crippen LogP contribution in [0.2, 0.25) is 0 Å². The van der Waals surface area contributed by atoms with Gasteiger partial charge in [-0.2, -0.15) is 0 Å². The molecule has 1 heterocycles. The first kappa shape index (κ1) is 20.3. The summed E-state index contributed by atoms with van der Waals surface area (Å²) in [4.78, 5) is 28.2. The Morgan fingerprint density at radius 3 is 2.48 bits per heavy atom. The molecule has 8 heteroatoms. The lowest BCUT2D eigenvalue weighted by molar-refractivity contribution is -0.118. The Hall–Kier alpha value is -3.39. The molecule has 1 aromatic heterocycles. The van der Waals surface area contributed by atoms with Gasteiger partial charge in [0.15, 0.2) is 6.61 Å². The zero-order valence-corrected chi connectivity index (χ0v) is 17.1. The van der Waals surface area contributed by atoms with Crippen molar-refractivity contribution in [3.63, 3.8) is 0 Å². The van der Waals surface area contributed by atoms with Gasteiger partial charge in [0.25, 0.3) is 5.91 Å². The fourth-order valence-corrected chi connectivity index (χ4v) is 3.24. The first-order valence-corrected chi connectivity index (χ1v) is 9.73. The number of aryl methyl sites for hydroxylation is 1. The highest BCUT2D eigenvalue weighted by Crippen LogP contribution is 2.31. The van der Waals surface area contributed by atoms with Crippen LogP contribution in [0.3, 0.4) is 0 Å². The van der Waals surface area contributed by atoms with Gasteiger partial charge in [-0.1, -0.05) is 0 Å². The van der Waals surface area contributed by atoms with Gasteiger partial charge in [-0.25, -0.2) is 4.98 Å². The second kappa shape index (κ2) is 9.20. The smallest absolute Gasteiger partial charge is 0.262 e. The van der Waals surface area contributed by atoms with E-state index in [2.05, 4.69) is 15.6 Å². The van der Waals surface area contributed by atoms with E-state index < -0.39 is 0 Å². The number of aromatic nitrogens is 1. The second-order valence-electron chi connectivity index (χ2n) is 6.21. The molecule has 150 valence electrons. The predicted molar refractivity (Wildman–Crippen MR) is 114 cm³/mol. The van der Waals surface area contributed by atoms with Crippen LogP contribution in [-0.4, -0.2) is 30.5 Å². The van der Waals surface area contributed by atoms with E-state index in [9.17, 15) is 9.59 Å². The summed E-state index contributed by atoms with van der Waals surface area (Å²) in [6.45, 7) is 3.15. The Labute approximate surface area is 172 Å². The average molecular weight is 411 g/mol. The monoisotopic (exact) mass is 411 g/mol. The Morgan fingerprint density at radius 1 is 1.10 bits per heavy atom. The number of anilines is 2. The van der Waals surface area contributed by atoms with Crippen molar-refractivity contribution in [2.75, 3.05) is 24.4 Å². The number of benzene rings is 2. The fraction of sp³-hybridized carbons (Fsp3) is 0.190. The van der Waals surface area contributed by atoms with Crippen LogP contribution < -0.4 is 20.1 Å². The van der Waals surface area contributed by atoms with Crippen LogP contribution in [0.5, 0.6) is 11.5 Å².